The molecule has 2 aromatic carbocycles. The fourth-order valence-corrected chi connectivity index (χ4v) is 3.68. The number of esters is 1. The minimum Gasteiger partial charge on any atom is -0.458 e. The van der Waals surface area contributed by atoms with Crippen LogP contribution in [-0.4, -0.2) is 23.7 Å². The monoisotopic (exact) mass is 369 g/mol. The molecule has 1 atom stereocenters. The highest BCUT2D eigenvalue weighted by Gasteiger charge is 2.26. The van der Waals surface area contributed by atoms with Crippen LogP contribution in [0.4, 0.5) is 5.69 Å². The van der Waals surface area contributed by atoms with Crippen LogP contribution in [0.1, 0.15) is 36.7 Å². The van der Waals surface area contributed by atoms with Crippen LogP contribution >= 0.6 is 11.8 Å². The lowest BCUT2D eigenvalue weighted by molar-refractivity contribution is -0.123. The van der Waals surface area contributed by atoms with Gasteiger partial charge >= 0.3 is 5.97 Å². The van der Waals surface area contributed by atoms with Crippen LogP contribution in [0.25, 0.3) is 0 Å². The Bertz CT molecular complexity index is 826. The Labute approximate surface area is 158 Å². The number of para-hydroxylation sites is 1. The van der Waals surface area contributed by atoms with Gasteiger partial charge in [-0.2, -0.15) is 0 Å². The van der Waals surface area contributed by atoms with Crippen molar-refractivity contribution in [3.05, 3.63) is 59.7 Å². The lowest BCUT2D eigenvalue weighted by Gasteiger charge is -2.25. The van der Waals surface area contributed by atoms with Gasteiger partial charge in [0, 0.05) is 22.5 Å². The number of amides is 1. The van der Waals surface area contributed by atoms with E-state index in [1.54, 1.807) is 17.8 Å². The van der Waals surface area contributed by atoms with Gasteiger partial charge in [0.25, 0.3) is 0 Å². The lowest BCUT2D eigenvalue weighted by Crippen LogP contribution is -2.29. The predicted molar refractivity (Wildman–Crippen MR) is 105 cm³/mol. The average Bonchev–Trinajstić information content (AvgIpc) is 2.60. The second kappa shape index (κ2) is 7.54. The minimum absolute atomic E-state index is 0.0245. The summed E-state index contributed by atoms with van der Waals surface area (Å²) in [6, 6.07) is 15.3. The van der Waals surface area contributed by atoms with Gasteiger partial charge < -0.3 is 10.1 Å². The van der Waals surface area contributed by atoms with Gasteiger partial charge in [-0.25, -0.2) is 4.79 Å². The van der Waals surface area contributed by atoms with Gasteiger partial charge in [-0.3, -0.25) is 4.79 Å². The van der Waals surface area contributed by atoms with E-state index in [-0.39, 0.29) is 18.0 Å². The van der Waals surface area contributed by atoms with Crippen LogP contribution in [0, 0.1) is 5.41 Å². The van der Waals surface area contributed by atoms with E-state index in [2.05, 4.69) is 5.32 Å². The molecular weight excluding hydrogens is 346 g/mol. The Kier molecular flexibility index (Phi) is 5.37. The van der Waals surface area contributed by atoms with Crippen LogP contribution in [-0.2, 0) is 16.0 Å². The van der Waals surface area contributed by atoms with Crippen molar-refractivity contribution in [2.45, 2.75) is 38.2 Å². The Balaban J connectivity index is 1.68. The predicted octanol–water partition coefficient (Wildman–Crippen LogP) is 4.55. The summed E-state index contributed by atoms with van der Waals surface area (Å²) in [5.41, 5.74) is 2.02. The summed E-state index contributed by atoms with van der Waals surface area (Å²) in [6.45, 7) is 5.66. The van der Waals surface area contributed by atoms with E-state index < -0.39 is 5.41 Å². The molecule has 0 saturated heterocycles. The molecule has 3 rings (SSSR count). The molecule has 5 heteroatoms. The van der Waals surface area contributed by atoms with E-state index in [0.29, 0.717) is 17.7 Å². The van der Waals surface area contributed by atoms with Crippen molar-refractivity contribution in [3.63, 3.8) is 0 Å². The first-order valence-electron chi connectivity index (χ1n) is 8.67. The summed E-state index contributed by atoms with van der Waals surface area (Å²) in [4.78, 5) is 25.4. The summed E-state index contributed by atoms with van der Waals surface area (Å²) in [6.07, 6.45) is 0.541. The number of cyclic esters (lactones) is 1. The van der Waals surface area contributed by atoms with Crippen molar-refractivity contribution in [1.82, 2.24) is 0 Å². The normalized spacial score (nSPS) is 16.6. The van der Waals surface area contributed by atoms with E-state index >= 15 is 0 Å². The number of fused-ring (bicyclic) bond motifs is 1. The number of anilines is 1. The Morgan fingerprint density at radius 3 is 2.62 bits per heavy atom. The van der Waals surface area contributed by atoms with Crippen LogP contribution in [0.2, 0.25) is 0 Å². The van der Waals surface area contributed by atoms with Crippen molar-refractivity contribution < 1.29 is 14.3 Å². The average molecular weight is 369 g/mol. The third-order valence-electron chi connectivity index (χ3n) is 4.20. The number of carbonyl (C=O) groups excluding carboxylic acids is 2. The van der Waals surface area contributed by atoms with Crippen LogP contribution < -0.4 is 5.32 Å². The Morgan fingerprint density at radius 1 is 1.15 bits per heavy atom. The number of carbonyl (C=O) groups is 2. The number of ether oxygens (including phenoxy) is 1. The van der Waals surface area contributed by atoms with E-state index in [0.717, 1.165) is 16.1 Å². The summed E-state index contributed by atoms with van der Waals surface area (Å²) in [5.74, 6) is 0.359. The van der Waals surface area contributed by atoms with E-state index in [9.17, 15) is 9.59 Å². The molecule has 0 saturated carbocycles. The van der Waals surface area contributed by atoms with E-state index in [4.69, 9.17) is 4.74 Å². The minimum atomic E-state index is -0.458. The molecule has 26 heavy (non-hydrogen) atoms. The lowest BCUT2D eigenvalue weighted by atomic mass is 9.95. The fraction of sp³-hybridized carbons (Fsp3) is 0.333. The molecule has 1 aliphatic rings. The van der Waals surface area contributed by atoms with Gasteiger partial charge in [-0.05, 0) is 23.8 Å². The number of benzene rings is 2. The molecule has 0 radical (unpaired) electrons. The number of thioether (sulfide) groups is 1. The van der Waals surface area contributed by atoms with E-state index in [1.807, 2.05) is 63.2 Å². The first-order valence-corrected chi connectivity index (χ1v) is 9.65. The maximum Gasteiger partial charge on any atom is 0.338 e. The second-order valence-corrected chi connectivity index (χ2v) is 8.46. The topological polar surface area (TPSA) is 55.4 Å². The number of hydrogen-bond donors (Lipinski definition) is 1. The fourth-order valence-electron chi connectivity index (χ4n) is 2.68. The van der Waals surface area contributed by atoms with Gasteiger partial charge in [0.1, 0.15) is 6.10 Å². The second-order valence-electron chi connectivity index (χ2n) is 7.40. The Morgan fingerprint density at radius 2 is 1.85 bits per heavy atom. The molecule has 1 unspecified atom stereocenters. The van der Waals surface area contributed by atoms with E-state index in [1.165, 1.54) is 0 Å². The summed E-state index contributed by atoms with van der Waals surface area (Å²) < 4.78 is 5.56. The van der Waals surface area contributed by atoms with Crippen molar-refractivity contribution in [2.75, 3.05) is 11.1 Å². The third kappa shape index (κ3) is 4.28. The first-order chi connectivity index (χ1) is 12.3. The number of hydrogen-bond acceptors (Lipinski definition) is 4. The van der Waals surface area contributed by atoms with Gasteiger partial charge in [0.2, 0.25) is 5.91 Å². The maximum absolute atomic E-state index is 12.3. The largest absolute Gasteiger partial charge is 0.458 e. The zero-order valence-electron chi connectivity index (χ0n) is 15.2. The molecule has 1 aliphatic heterocycles. The van der Waals surface area contributed by atoms with Gasteiger partial charge in [-0.1, -0.05) is 51.1 Å². The molecule has 0 aromatic heterocycles. The smallest absolute Gasteiger partial charge is 0.338 e. The summed E-state index contributed by atoms with van der Waals surface area (Å²) in [5, 5.41) is 3.00. The molecule has 2 aromatic rings. The molecular formula is C21H23NO3S. The molecule has 0 fully saturated rings. The quantitative estimate of drug-likeness (QED) is 0.635. The Hall–Kier alpha value is -2.27. The van der Waals surface area contributed by atoms with Crippen molar-refractivity contribution in [1.29, 1.82) is 0 Å². The summed E-state index contributed by atoms with van der Waals surface area (Å²) >= 11 is 1.59. The maximum atomic E-state index is 12.3. The van der Waals surface area contributed by atoms with Gasteiger partial charge in [0.15, 0.2) is 0 Å². The molecule has 1 amide bonds. The van der Waals surface area contributed by atoms with Crippen molar-refractivity contribution in [2.24, 2.45) is 5.41 Å². The molecule has 1 heterocycles. The van der Waals surface area contributed by atoms with Crippen LogP contribution in [0.15, 0.2) is 53.4 Å². The van der Waals surface area contributed by atoms with Crippen molar-refractivity contribution in [3.8, 4) is 0 Å². The number of nitrogens with one attached hydrogen (secondary N) is 1. The SMILES string of the molecule is CC(C)(C)C(=O)Nc1ccccc1SCC1Cc2ccccc2C(=O)O1. The molecule has 1 N–H and O–H groups in total. The summed E-state index contributed by atoms with van der Waals surface area (Å²) in [7, 11) is 0. The zero-order valence-corrected chi connectivity index (χ0v) is 16.1. The first kappa shape index (κ1) is 18.5. The van der Waals surface area contributed by atoms with Crippen LogP contribution in [0.3, 0.4) is 0 Å². The molecule has 0 aliphatic carbocycles. The highest BCUT2D eigenvalue weighted by atomic mass is 32.2. The van der Waals surface area contributed by atoms with Gasteiger partial charge in [-0.15, -0.1) is 11.8 Å². The zero-order chi connectivity index (χ0) is 18.7. The standard InChI is InChI=1S/C21H23NO3S/c1-21(2,3)20(24)22-17-10-6-7-11-18(17)26-13-15-12-14-8-4-5-9-16(14)19(23)25-15/h4-11,15H,12-13H2,1-3H3,(H,22,24). The molecule has 0 bridgehead atoms. The van der Waals surface area contributed by atoms with Crippen LogP contribution in [0.5, 0.6) is 0 Å². The third-order valence-corrected chi connectivity index (χ3v) is 5.41. The van der Waals surface area contributed by atoms with Gasteiger partial charge in [0.05, 0.1) is 11.3 Å². The molecule has 136 valence electrons. The number of rotatable bonds is 4. The molecule has 4 nitrogen and oxygen atoms in total. The highest BCUT2D eigenvalue weighted by molar-refractivity contribution is 7.99. The molecule has 0 spiro atoms. The highest BCUT2D eigenvalue weighted by Crippen LogP contribution is 2.31. The van der Waals surface area contributed by atoms with Crippen molar-refractivity contribution >= 4 is 29.3 Å².